The van der Waals surface area contributed by atoms with Gasteiger partial charge in [0.2, 0.25) is 17.6 Å². The summed E-state index contributed by atoms with van der Waals surface area (Å²) in [6.07, 6.45) is 0.895. The average Bonchev–Trinajstić information content (AvgIpc) is 3.33. The molecule has 3 fully saturated rings. The van der Waals surface area contributed by atoms with Crippen LogP contribution in [0.1, 0.15) is 31.2 Å². The Morgan fingerprint density at radius 1 is 0.932 bits per heavy atom. The van der Waals surface area contributed by atoms with E-state index in [9.17, 15) is 37.5 Å². The Balaban J connectivity index is 1.64. The summed E-state index contributed by atoms with van der Waals surface area (Å²) in [5.41, 5.74) is -1.86. The fourth-order valence-corrected chi connectivity index (χ4v) is 8.18. The number of aromatic hydroxyl groups is 1. The van der Waals surface area contributed by atoms with Gasteiger partial charge in [-0.15, -0.1) is 23.2 Å². The Morgan fingerprint density at radius 3 is 2.14 bits per heavy atom. The summed E-state index contributed by atoms with van der Waals surface area (Å²) in [7, 11) is 1.22. The number of carbonyl (C=O) groups excluding carboxylic acids is 4. The number of benzene rings is 2. The maximum absolute atomic E-state index is 15.1. The van der Waals surface area contributed by atoms with Crippen molar-refractivity contribution in [3.8, 4) is 11.5 Å². The van der Waals surface area contributed by atoms with E-state index in [1.54, 1.807) is 6.92 Å². The Labute approximate surface area is 255 Å². The zero-order valence-corrected chi connectivity index (χ0v) is 24.3. The van der Waals surface area contributed by atoms with Crippen LogP contribution in [0.2, 0.25) is 0 Å². The average molecular weight is 659 g/mol. The summed E-state index contributed by atoms with van der Waals surface area (Å²) in [4.78, 5) is 50.3. The summed E-state index contributed by atoms with van der Waals surface area (Å²) in [6, 6.07) is 3.97. The molecule has 4 amide bonds. The molecule has 1 N–H and O–H groups in total. The predicted octanol–water partition coefficient (Wildman–Crippen LogP) is 4.68. The molecule has 6 atom stereocenters. The number of halogens is 7. The largest absolute Gasteiger partial charge is 0.508 e. The van der Waals surface area contributed by atoms with Crippen LogP contribution in [0.5, 0.6) is 11.5 Å². The van der Waals surface area contributed by atoms with E-state index in [0.717, 1.165) is 4.90 Å². The topological polar surface area (TPSA) is 104 Å². The van der Waals surface area contributed by atoms with Crippen molar-refractivity contribution in [3.05, 3.63) is 64.5 Å². The van der Waals surface area contributed by atoms with Crippen LogP contribution in [0.3, 0.4) is 0 Å². The second kappa shape index (κ2) is 9.90. The van der Waals surface area contributed by atoms with Crippen molar-refractivity contribution >= 4 is 52.5 Å². The molecule has 8 nitrogen and oxygen atoms in total. The molecule has 4 aliphatic rings. The predicted molar refractivity (Wildman–Crippen MR) is 143 cm³/mol. The minimum atomic E-state index is -2.76. The molecule has 0 bridgehead atoms. The molecule has 0 radical (unpaired) electrons. The summed E-state index contributed by atoms with van der Waals surface area (Å²) in [5, 5.41) is 11.1. The number of amides is 4. The smallest absolute Gasteiger partial charge is 0.258 e. The molecular weight excluding hydrogens is 638 g/mol. The molecule has 232 valence electrons. The van der Waals surface area contributed by atoms with E-state index >= 15 is 8.78 Å². The maximum atomic E-state index is 15.1. The van der Waals surface area contributed by atoms with Crippen LogP contribution >= 0.6 is 23.2 Å². The Hall–Kier alpha value is -3.71. The molecule has 2 aliphatic heterocycles. The van der Waals surface area contributed by atoms with Gasteiger partial charge in [0.05, 0.1) is 18.9 Å². The van der Waals surface area contributed by atoms with Gasteiger partial charge in [0, 0.05) is 18.0 Å². The van der Waals surface area contributed by atoms with Crippen LogP contribution in [0.25, 0.3) is 0 Å². The van der Waals surface area contributed by atoms with Crippen molar-refractivity contribution in [1.82, 2.24) is 4.90 Å². The molecule has 0 aromatic heterocycles. The Morgan fingerprint density at radius 2 is 1.55 bits per heavy atom. The Kier molecular flexibility index (Phi) is 6.82. The van der Waals surface area contributed by atoms with Crippen LogP contribution in [0.15, 0.2) is 29.8 Å². The van der Waals surface area contributed by atoms with Crippen molar-refractivity contribution in [2.45, 2.75) is 35.4 Å². The van der Waals surface area contributed by atoms with Gasteiger partial charge < -0.3 is 9.84 Å². The Bertz CT molecular complexity index is 1710. The maximum Gasteiger partial charge on any atom is 0.258 e. The van der Waals surface area contributed by atoms with Crippen LogP contribution < -0.4 is 9.64 Å². The van der Waals surface area contributed by atoms with E-state index in [1.807, 2.05) is 0 Å². The van der Waals surface area contributed by atoms with E-state index in [4.69, 9.17) is 27.9 Å². The summed E-state index contributed by atoms with van der Waals surface area (Å²) in [6.45, 7) is 1.63. The van der Waals surface area contributed by atoms with Gasteiger partial charge >= 0.3 is 0 Å². The number of nitrogens with zero attached hydrogens (tertiary/aromatic N) is 2. The first-order valence-electron chi connectivity index (χ1n) is 13.4. The lowest BCUT2D eigenvalue weighted by atomic mass is 9.56. The number of phenolic OH excluding ortho intramolecular Hbond substituents is 1. The first-order valence-corrected chi connectivity index (χ1v) is 14.1. The molecule has 6 rings (SSSR count). The second-order valence-electron chi connectivity index (χ2n) is 11.0. The highest BCUT2D eigenvalue weighted by Crippen LogP contribution is 2.67. The number of carbonyl (C=O) groups is 4. The van der Waals surface area contributed by atoms with Gasteiger partial charge in [0.15, 0.2) is 33.0 Å². The van der Waals surface area contributed by atoms with Crippen molar-refractivity contribution in [3.63, 3.8) is 0 Å². The molecule has 15 heteroatoms. The number of rotatable bonds is 4. The number of imide groups is 2. The molecule has 2 saturated heterocycles. The third-order valence-electron chi connectivity index (χ3n) is 9.18. The zero-order chi connectivity index (χ0) is 32.2. The first-order chi connectivity index (χ1) is 20.7. The SMILES string of the molecule is CCN1C(=O)C2CC=C3C(CC4(Cl)C(=O)N(c5c(F)c(F)c(F)c(F)c5F)C(=O)C4(Cl)C3c3c(O)cccc3OC)C2C1=O. The van der Waals surface area contributed by atoms with Gasteiger partial charge in [-0.2, -0.15) is 0 Å². The molecule has 6 unspecified atom stereocenters. The highest BCUT2D eigenvalue weighted by Gasteiger charge is 2.77. The van der Waals surface area contributed by atoms with E-state index in [0.29, 0.717) is 0 Å². The molecule has 2 aliphatic carbocycles. The van der Waals surface area contributed by atoms with Crippen LogP contribution in [-0.2, 0) is 19.2 Å². The number of likely N-dealkylation sites (tertiary alicyclic amines) is 1. The molecule has 1 saturated carbocycles. The van der Waals surface area contributed by atoms with Crippen LogP contribution in [-0.4, -0.2) is 57.0 Å². The number of hydrogen-bond donors (Lipinski definition) is 1. The van der Waals surface area contributed by atoms with Gasteiger partial charge in [-0.1, -0.05) is 17.7 Å². The number of hydrogen-bond acceptors (Lipinski definition) is 6. The third-order valence-corrected chi connectivity index (χ3v) is 10.6. The van der Waals surface area contributed by atoms with E-state index in [1.165, 1.54) is 31.4 Å². The van der Waals surface area contributed by atoms with Crippen LogP contribution in [0, 0.1) is 46.8 Å². The lowest BCUT2D eigenvalue weighted by Crippen LogP contribution is -2.60. The highest BCUT2D eigenvalue weighted by molar-refractivity contribution is 6.58. The van der Waals surface area contributed by atoms with Crippen molar-refractivity contribution in [1.29, 1.82) is 0 Å². The van der Waals surface area contributed by atoms with Gasteiger partial charge in [-0.05, 0) is 37.8 Å². The minimum absolute atomic E-state index is 0.00424. The van der Waals surface area contributed by atoms with Crippen LogP contribution in [0.4, 0.5) is 27.6 Å². The highest BCUT2D eigenvalue weighted by atomic mass is 35.5. The van der Waals surface area contributed by atoms with Crippen molar-refractivity contribution in [2.24, 2.45) is 17.8 Å². The number of ether oxygens (including phenoxy) is 1. The number of fused-ring (bicyclic) bond motifs is 4. The van der Waals surface area contributed by atoms with E-state index in [2.05, 4.69) is 0 Å². The number of alkyl halides is 2. The monoisotopic (exact) mass is 658 g/mol. The molecule has 0 spiro atoms. The molecule has 2 aromatic rings. The molecule has 2 heterocycles. The van der Waals surface area contributed by atoms with Gasteiger partial charge in [-0.25, -0.2) is 26.9 Å². The lowest BCUT2D eigenvalue weighted by Gasteiger charge is -2.50. The van der Waals surface area contributed by atoms with E-state index in [-0.39, 0.29) is 34.8 Å². The van der Waals surface area contributed by atoms with Crippen molar-refractivity contribution in [2.75, 3.05) is 18.6 Å². The number of methoxy groups -OCH3 is 1. The summed E-state index contributed by atoms with van der Waals surface area (Å²) >= 11 is 14.1. The van der Waals surface area contributed by atoms with Gasteiger partial charge in [-0.3, -0.25) is 24.1 Å². The standard InChI is InChI=1S/C29H21Cl2F5N2O6/c1-3-37-24(40)11-8-7-10-12(15(11)25(37)41)9-28(30)26(42)38(23-21(35)19(33)18(32)20(34)22(23)36)27(43)29(28,31)17(10)16-13(39)5-4-6-14(16)44-2/h4-7,11-12,15,17,39H,3,8-9H2,1-2H3. The second-order valence-corrected chi connectivity index (χ2v) is 12.2. The van der Waals surface area contributed by atoms with E-state index < -0.39 is 104 Å². The third kappa shape index (κ3) is 3.50. The summed E-state index contributed by atoms with van der Waals surface area (Å²) < 4.78 is 78.0. The first kappa shape index (κ1) is 30.3. The van der Waals surface area contributed by atoms with Crippen molar-refractivity contribution < 1.29 is 51.0 Å². The number of allylic oxidation sites excluding steroid dienone is 2. The van der Waals surface area contributed by atoms with Gasteiger partial charge in [0.25, 0.3) is 11.8 Å². The molecular formula is C29H21Cl2F5N2O6. The lowest BCUT2D eigenvalue weighted by molar-refractivity contribution is -0.140. The molecule has 44 heavy (non-hydrogen) atoms. The molecule has 2 aromatic carbocycles. The zero-order valence-electron chi connectivity index (χ0n) is 22.8. The fraction of sp³-hybridized carbons (Fsp3) is 0.379. The number of phenols is 1. The number of anilines is 1. The fourth-order valence-electron chi connectivity index (χ4n) is 7.26. The summed E-state index contributed by atoms with van der Waals surface area (Å²) in [5.74, 6) is -21.9. The minimum Gasteiger partial charge on any atom is -0.508 e. The van der Waals surface area contributed by atoms with Gasteiger partial charge in [0.1, 0.15) is 17.2 Å². The quantitative estimate of drug-likeness (QED) is 0.128. The normalized spacial score (nSPS) is 31.2.